The second-order valence-corrected chi connectivity index (χ2v) is 5.40. The van der Waals surface area contributed by atoms with E-state index in [1.807, 2.05) is 47.8 Å². The quantitative estimate of drug-likeness (QED) is 0.791. The van der Waals surface area contributed by atoms with Crippen molar-refractivity contribution < 1.29 is 9.59 Å². The number of rotatable bonds is 5. The average Bonchev–Trinajstić information content (AvgIpc) is 3.01. The normalized spacial score (nSPS) is 11.7. The molecule has 2 rings (SSSR count). The Morgan fingerprint density at radius 2 is 1.90 bits per heavy atom. The zero-order chi connectivity index (χ0) is 15.1. The molecule has 6 heteroatoms. The van der Waals surface area contributed by atoms with Crippen molar-refractivity contribution in [2.75, 3.05) is 7.05 Å². The molecule has 1 atom stereocenters. The Bertz CT molecular complexity index is 584. The van der Waals surface area contributed by atoms with E-state index in [0.29, 0.717) is 6.54 Å². The van der Waals surface area contributed by atoms with Gasteiger partial charge in [-0.2, -0.15) is 0 Å². The third-order valence-corrected chi connectivity index (χ3v) is 3.80. The fourth-order valence-electron chi connectivity index (χ4n) is 1.87. The van der Waals surface area contributed by atoms with Crippen LogP contribution in [0.5, 0.6) is 0 Å². The highest BCUT2D eigenvalue weighted by atomic mass is 32.1. The zero-order valence-electron chi connectivity index (χ0n) is 11.6. The van der Waals surface area contributed by atoms with Crippen LogP contribution in [0, 0.1) is 0 Å². The second-order valence-electron chi connectivity index (χ2n) is 4.37. The Kier molecular flexibility index (Phi) is 5.48. The number of imide groups is 1. The first-order chi connectivity index (χ1) is 10.2. The van der Waals surface area contributed by atoms with Crippen LogP contribution in [-0.2, 0) is 11.3 Å². The SMILES string of the molecule is CNC(=O)NC(=O)C(NCc1cccs1)c1ccccc1. The summed E-state index contributed by atoms with van der Waals surface area (Å²) in [6.07, 6.45) is 0. The standard InChI is InChI=1S/C15H17N3O2S/c1-16-15(20)18-14(19)13(11-6-3-2-4-7-11)17-10-12-8-5-9-21-12/h2-9,13,17H,10H2,1H3,(H2,16,18,19,20). The molecular weight excluding hydrogens is 286 g/mol. The van der Waals surface area contributed by atoms with Crippen molar-refractivity contribution in [3.63, 3.8) is 0 Å². The summed E-state index contributed by atoms with van der Waals surface area (Å²) in [7, 11) is 1.47. The van der Waals surface area contributed by atoms with Gasteiger partial charge in [0.25, 0.3) is 0 Å². The monoisotopic (exact) mass is 303 g/mol. The highest BCUT2D eigenvalue weighted by Crippen LogP contribution is 2.15. The van der Waals surface area contributed by atoms with Crippen LogP contribution in [0.25, 0.3) is 0 Å². The van der Waals surface area contributed by atoms with E-state index in [-0.39, 0.29) is 5.91 Å². The summed E-state index contributed by atoms with van der Waals surface area (Å²) in [6, 6.07) is 12.2. The lowest BCUT2D eigenvalue weighted by Gasteiger charge is -2.18. The number of hydrogen-bond acceptors (Lipinski definition) is 4. The maximum absolute atomic E-state index is 12.2. The lowest BCUT2D eigenvalue weighted by atomic mass is 10.1. The number of thiophene rings is 1. The summed E-state index contributed by atoms with van der Waals surface area (Å²) >= 11 is 1.62. The van der Waals surface area contributed by atoms with Crippen molar-refractivity contribution in [3.05, 3.63) is 58.3 Å². The Morgan fingerprint density at radius 1 is 1.14 bits per heavy atom. The molecule has 3 N–H and O–H groups in total. The van der Waals surface area contributed by atoms with E-state index in [1.54, 1.807) is 11.3 Å². The molecule has 0 bridgehead atoms. The fraction of sp³-hybridized carbons (Fsp3) is 0.200. The average molecular weight is 303 g/mol. The zero-order valence-corrected chi connectivity index (χ0v) is 12.4. The largest absolute Gasteiger partial charge is 0.341 e. The predicted molar refractivity (Wildman–Crippen MR) is 82.9 cm³/mol. The Labute approximate surface area is 127 Å². The van der Waals surface area contributed by atoms with Gasteiger partial charge in [0.1, 0.15) is 6.04 Å². The van der Waals surface area contributed by atoms with Gasteiger partial charge in [0.2, 0.25) is 5.91 Å². The van der Waals surface area contributed by atoms with Crippen molar-refractivity contribution in [3.8, 4) is 0 Å². The summed E-state index contributed by atoms with van der Waals surface area (Å²) in [5.74, 6) is -0.378. The van der Waals surface area contributed by atoms with Crippen LogP contribution < -0.4 is 16.0 Å². The van der Waals surface area contributed by atoms with Gasteiger partial charge in [-0.25, -0.2) is 4.79 Å². The molecule has 0 aliphatic carbocycles. The predicted octanol–water partition coefficient (Wildman–Crippen LogP) is 2.03. The molecule has 0 aliphatic heterocycles. The van der Waals surface area contributed by atoms with Crippen molar-refractivity contribution >= 4 is 23.3 Å². The van der Waals surface area contributed by atoms with E-state index in [0.717, 1.165) is 10.4 Å². The van der Waals surface area contributed by atoms with Crippen molar-refractivity contribution in [1.82, 2.24) is 16.0 Å². The lowest BCUT2D eigenvalue weighted by Crippen LogP contribution is -2.43. The Hall–Kier alpha value is -2.18. The Morgan fingerprint density at radius 3 is 2.52 bits per heavy atom. The summed E-state index contributed by atoms with van der Waals surface area (Å²) in [6.45, 7) is 0.568. The molecule has 5 nitrogen and oxygen atoms in total. The van der Waals surface area contributed by atoms with Gasteiger partial charge in [-0.05, 0) is 17.0 Å². The first-order valence-corrected chi connectivity index (χ1v) is 7.42. The number of carbonyl (C=O) groups is 2. The first kappa shape index (κ1) is 15.2. The second kappa shape index (κ2) is 7.56. The van der Waals surface area contributed by atoms with Crippen LogP contribution in [0.1, 0.15) is 16.5 Å². The number of nitrogens with one attached hydrogen (secondary N) is 3. The molecule has 0 fully saturated rings. The van der Waals surface area contributed by atoms with Crippen molar-refractivity contribution in [2.45, 2.75) is 12.6 Å². The highest BCUT2D eigenvalue weighted by Gasteiger charge is 2.21. The molecule has 3 amide bonds. The van der Waals surface area contributed by atoms with E-state index in [1.165, 1.54) is 7.05 Å². The topological polar surface area (TPSA) is 70.2 Å². The molecule has 2 aromatic rings. The molecule has 0 radical (unpaired) electrons. The number of carbonyl (C=O) groups excluding carboxylic acids is 2. The van der Waals surface area contributed by atoms with Gasteiger partial charge in [0.15, 0.2) is 0 Å². The van der Waals surface area contributed by atoms with E-state index in [9.17, 15) is 9.59 Å². The lowest BCUT2D eigenvalue weighted by molar-refractivity contribution is -0.122. The molecule has 0 spiro atoms. The van der Waals surface area contributed by atoms with Gasteiger partial charge in [0, 0.05) is 18.5 Å². The Balaban J connectivity index is 2.10. The minimum Gasteiger partial charge on any atom is -0.341 e. The summed E-state index contributed by atoms with van der Waals surface area (Å²) in [5, 5.41) is 9.86. The van der Waals surface area contributed by atoms with Gasteiger partial charge in [0.05, 0.1) is 0 Å². The summed E-state index contributed by atoms with van der Waals surface area (Å²) in [5.41, 5.74) is 0.815. The van der Waals surface area contributed by atoms with Gasteiger partial charge in [-0.15, -0.1) is 11.3 Å². The van der Waals surface area contributed by atoms with Crippen LogP contribution in [0.4, 0.5) is 4.79 Å². The fourth-order valence-corrected chi connectivity index (χ4v) is 2.53. The number of urea groups is 1. The minimum absolute atomic E-state index is 0.378. The molecule has 1 aromatic carbocycles. The van der Waals surface area contributed by atoms with Gasteiger partial charge in [-0.1, -0.05) is 36.4 Å². The van der Waals surface area contributed by atoms with E-state index in [2.05, 4.69) is 16.0 Å². The summed E-state index contributed by atoms with van der Waals surface area (Å²) in [4.78, 5) is 24.7. The van der Waals surface area contributed by atoms with E-state index >= 15 is 0 Å². The van der Waals surface area contributed by atoms with Gasteiger partial charge < -0.3 is 5.32 Å². The molecule has 0 saturated carbocycles. The molecular formula is C15H17N3O2S. The van der Waals surface area contributed by atoms with Crippen LogP contribution in [0.2, 0.25) is 0 Å². The number of benzene rings is 1. The number of amides is 3. The van der Waals surface area contributed by atoms with E-state index < -0.39 is 12.1 Å². The molecule has 110 valence electrons. The highest BCUT2D eigenvalue weighted by molar-refractivity contribution is 7.09. The summed E-state index contributed by atoms with van der Waals surface area (Å²) < 4.78 is 0. The molecule has 1 heterocycles. The molecule has 0 saturated heterocycles. The van der Waals surface area contributed by atoms with Crippen LogP contribution in [0.15, 0.2) is 47.8 Å². The van der Waals surface area contributed by atoms with Gasteiger partial charge in [-0.3, -0.25) is 15.4 Å². The first-order valence-electron chi connectivity index (χ1n) is 6.54. The molecule has 0 aliphatic rings. The maximum Gasteiger partial charge on any atom is 0.321 e. The van der Waals surface area contributed by atoms with Crippen molar-refractivity contribution in [2.24, 2.45) is 0 Å². The minimum atomic E-state index is -0.578. The molecule has 1 aromatic heterocycles. The van der Waals surface area contributed by atoms with Crippen LogP contribution in [0.3, 0.4) is 0 Å². The molecule has 1 unspecified atom stereocenters. The van der Waals surface area contributed by atoms with Crippen molar-refractivity contribution in [1.29, 1.82) is 0 Å². The third kappa shape index (κ3) is 4.40. The smallest absolute Gasteiger partial charge is 0.321 e. The van der Waals surface area contributed by atoms with Crippen LogP contribution in [-0.4, -0.2) is 19.0 Å². The molecule has 21 heavy (non-hydrogen) atoms. The number of hydrogen-bond donors (Lipinski definition) is 3. The van der Waals surface area contributed by atoms with E-state index in [4.69, 9.17) is 0 Å². The maximum atomic E-state index is 12.2. The van der Waals surface area contributed by atoms with Crippen LogP contribution >= 0.6 is 11.3 Å². The third-order valence-electron chi connectivity index (χ3n) is 2.92. The van der Waals surface area contributed by atoms with Gasteiger partial charge >= 0.3 is 6.03 Å².